The number of amides is 1. The Morgan fingerprint density at radius 1 is 1.25 bits per heavy atom. The van der Waals surface area contributed by atoms with Crippen LogP contribution in [-0.4, -0.2) is 35.9 Å². The Hall–Kier alpha value is -1.83. The van der Waals surface area contributed by atoms with Crippen molar-refractivity contribution >= 4 is 33.6 Å². The molecule has 0 radical (unpaired) electrons. The molecule has 1 aromatic heterocycles. The summed E-state index contributed by atoms with van der Waals surface area (Å²) in [5.41, 5.74) is 0.447. The first-order chi connectivity index (χ1) is 13.2. The monoisotopic (exact) mass is 470 g/mol. The Balaban J connectivity index is 1.94. The van der Waals surface area contributed by atoms with Crippen molar-refractivity contribution < 1.29 is 19.0 Å². The highest BCUT2D eigenvalue weighted by molar-refractivity contribution is 9.10. The number of ether oxygens (including phenoxy) is 3. The first kappa shape index (κ1) is 22.5. The number of nitrogens with one attached hydrogen (secondary N) is 1. The molecule has 0 aliphatic carbocycles. The van der Waals surface area contributed by atoms with Gasteiger partial charge in [-0.15, -0.1) is 0 Å². The van der Waals surface area contributed by atoms with E-state index in [9.17, 15) is 4.79 Å². The number of hydrogen-bond acceptors (Lipinski definition) is 5. The van der Waals surface area contributed by atoms with Crippen molar-refractivity contribution in [2.45, 2.75) is 39.0 Å². The maximum Gasteiger partial charge on any atom is 0.408 e. The number of benzene rings is 1. The van der Waals surface area contributed by atoms with Crippen LogP contribution in [0.2, 0.25) is 5.02 Å². The number of nitrogens with zero attached hydrogens (tertiary/aromatic N) is 1. The standard InChI is InChI=1S/C20H24BrClN2O4/c1-20(2,3)28-19(25)24-16(12-26-11-14-7-5-4-6-8-14)13-27-18-17(21)9-15(22)10-23-18/h4-10,16H,11-13H2,1-3H3,(H,24,25)/t16-/m0/s1. The summed E-state index contributed by atoms with van der Waals surface area (Å²) in [6.45, 7) is 6.24. The largest absolute Gasteiger partial charge is 0.475 e. The van der Waals surface area contributed by atoms with Crippen molar-refractivity contribution in [2.75, 3.05) is 13.2 Å². The third-order valence-electron chi connectivity index (χ3n) is 3.35. The molecule has 0 spiro atoms. The minimum absolute atomic E-state index is 0.154. The van der Waals surface area contributed by atoms with Gasteiger partial charge in [-0.1, -0.05) is 41.9 Å². The molecule has 28 heavy (non-hydrogen) atoms. The van der Waals surface area contributed by atoms with E-state index < -0.39 is 17.7 Å². The molecule has 0 unspecified atom stereocenters. The number of carbonyl (C=O) groups is 1. The Labute approximate surface area is 178 Å². The van der Waals surface area contributed by atoms with Gasteiger partial charge in [0.05, 0.1) is 28.8 Å². The van der Waals surface area contributed by atoms with Crippen LogP contribution in [0.15, 0.2) is 47.1 Å². The van der Waals surface area contributed by atoms with Gasteiger partial charge in [-0.3, -0.25) is 0 Å². The molecule has 0 saturated heterocycles. The summed E-state index contributed by atoms with van der Waals surface area (Å²) in [7, 11) is 0. The summed E-state index contributed by atoms with van der Waals surface area (Å²) in [6, 6.07) is 11.0. The molecule has 0 bridgehead atoms. The van der Waals surface area contributed by atoms with Crippen molar-refractivity contribution in [1.29, 1.82) is 0 Å². The summed E-state index contributed by atoms with van der Waals surface area (Å²) >= 11 is 9.25. The van der Waals surface area contributed by atoms with Crippen molar-refractivity contribution in [1.82, 2.24) is 10.3 Å². The fraction of sp³-hybridized carbons (Fsp3) is 0.400. The highest BCUT2D eigenvalue weighted by Gasteiger charge is 2.21. The molecule has 0 aliphatic rings. The van der Waals surface area contributed by atoms with Crippen LogP contribution in [0.1, 0.15) is 26.3 Å². The minimum atomic E-state index is -0.596. The van der Waals surface area contributed by atoms with Gasteiger partial charge in [0.2, 0.25) is 5.88 Å². The average Bonchev–Trinajstić information content (AvgIpc) is 2.60. The van der Waals surface area contributed by atoms with Crippen LogP contribution in [-0.2, 0) is 16.1 Å². The minimum Gasteiger partial charge on any atom is -0.475 e. The zero-order chi connectivity index (χ0) is 20.6. The van der Waals surface area contributed by atoms with Gasteiger partial charge in [0.25, 0.3) is 0 Å². The van der Waals surface area contributed by atoms with Crippen molar-refractivity contribution in [3.05, 3.63) is 57.7 Å². The van der Waals surface area contributed by atoms with E-state index in [2.05, 4.69) is 26.2 Å². The van der Waals surface area contributed by atoms with E-state index in [1.165, 1.54) is 6.20 Å². The Kier molecular flexibility index (Phi) is 8.54. The van der Waals surface area contributed by atoms with E-state index >= 15 is 0 Å². The molecule has 1 atom stereocenters. The lowest BCUT2D eigenvalue weighted by molar-refractivity contribution is 0.0379. The number of aromatic nitrogens is 1. The SMILES string of the molecule is CC(C)(C)OC(=O)N[C@@H](COCc1ccccc1)COc1ncc(Cl)cc1Br. The average molecular weight is 472 g/mol. The Morgan fingerprint density at radius 2 is 1.96 bits per heavy atom. The predicted molar refractivity (Wildman–Crippen MR) is 112 cm³/mol. The summed E-state index contributed by atoms with van der Waals surface area (Å²) in [5, 5.41) is 3.27. The van der Waals surface area contributed by atoms with E-state index in [4.69, 9.17) is 25.8 Å². The van der Waals surface area contributed by atoms with Crippen LogP contribution >= 0.6 is 27.5 Å². The van der Waals surface area contributed by atoms with E-state index in [0.717, 1.165) is 5.56 Å². The number of alkyl carbamates (subject to hydrolysis) is 1. The lowest BCUT2D eigenvalue weighted by Crippen LogP contribution is -2.44. The second-order valence-corrected chi connectivity index (χ2v) is 8.39. The van der Waals surface area contributed by atoms with Crippen molar-refractivity contribution in [3.8, 4) is 5.88 Å². The first-order valence-electron chi connectivity index (χ1n) is 8.78. The number of halogens is 2. The van der Waals surface area contributed by atoms with E-state index in [1.54, 1.807) is 26.8 Å². The summed E-state index contributed by atoms with van der Waals surface area (Å²) in [4.78, 5) is 16.3. The number of hydrogen-bond donors (Lipinski definition) is 1. The van der Waals surface area contributed by atoms with Crippen LogP contribution in [0.3, 0.4) is 0 Å². The Bertz CT molecular complexity index is 769. The third-order valence-corrected chi connectivity index (χ3v) is 4.12. The maximum absolute atomic E-state index is 12.1. The molecule has 152 valence electrons. The van der Waals surface area contributed by atoms with Crippen molar-refractivity contribution in [3.63, 3.8) is 0 Å². The van der Waals surface area contributed by atoms with Gasteiger partial charge < -0.3 is 19.5 Å². The van der Waals surface area contributed by atoms with E-state index in [0.29, 0.717) is 22.0 Å². The van der Waals surface area contributed by atoms with Crippen LogP contribution in [0, 0.1) is 0 Å². The highest BCUT2D eigenvalue weighted by Crippen LogP contribution is 2.25. The van der Waals surface area contributed by atoms with Gasteiger partial charge in [-0.05, 0) is 48.3 Å². The van der Waals surface area contributed by atoms with Gasteiger partial charge in [0, 0.05) is 6.20 Å². The molecule has 1 N–H and O–H groups in total. The third kappa shape index (κ3) is 8.46. The van der Waals surface area contributed by atoms with Gasteiger partial charge in [-0.2, -0.15) is 0 Å². The van der Waals surface area contributed by atoms with Gasteiger partial charge in [0.15, 0.2) is 0 Å². The number of rotatable bonds is 8. The first-order valence-corrected chi connectivity index (χ1v) is 9.95. The molecule has 6 nitrogen and oxygen atoms in total. The van der Waals surface area contributed by atoms with E-state index in [-0.39, 0.29) is 13.2 Å². The predicted octanol–water partition coefficient (Wildman–Crippen LogP) is 4.99. The molecule has 1 heterocycles. The zero-order valence-corrected chi connectivity index (χ0v) is 18.4. The molecule has 1 aromatic carbocycles. The lowest BCUT2D eigenvalue weighted by atomic mass is 10.2. The molecular formula is C20H24BrClN2O4. The Morgan fingerprint density at radius 3 is 2.61 bits per heavy atom. The second kappa shape index (κ2) is 10.6. The summed E-state index contributed by atoms with van der Waals surface area (Å²) < 4.78 is 17.4. The maximum atomic E-state index is 12.1. The van der Waals surface area contributed by atoms with Crippen molar-refractivity contribution in [2.24, 2.45) is 0 Å². The second-order valence-electron chi connectivity index (χ2n) is 7.10. The van der Waals surface area contributed by atoms with Crippen LogP contribution in [0.5, 0.6) is 5.88 Å². The molecule has 2 rings (SSSR count). The quantitative estimate of drug-likeness (QED) is 0.587. The lowest BCUT2D eigenvalue weighted by Gasteiger charge is -2.24. The summed E-state index contributed by atoms with van der Waals surface area (Å²) in [6.07, 6.45) is 0.955. The number of pyridine rings is 1. The molecule has 0 aliphatic heterocycles. The van der Waals surface area contributed by atoms with Crippen LogP contribution in [0.4, 0.5) is 4.79 Å². The topological polar surface area (TPSA) is 69.7 Å². The van der Waals surface area contributed by atoms with Gasteiger partial charge in [-0.25, -0.2) is 9.78 Å². The molecule has 2 aromatic rings. The normalized spacial score (nSPS) is 12.3. The molecule has 8 heteroatoms. The van der Waals surface area contributed by atoms with Gasteiger partial charge >= 0.3 is 6.09 Å². The molecule has 0 saturated carbocycles. The molecular weight excluding hydrogens is 448 g/mol. The van der Waals surface area contributed by atoms with E-state index in [1.807, 2.05) is 30.3 Å². The summed E-state index contributed by atoms with van der Waals surface area (Å²) in [5.74, 6) is 0.378. The zero-order valence-electron chi connectivity index (χ0n) is 16.1. The smallest absolute Gasteiger partial charge is 0.408 e. The molecule has 0 fully saturated rings. The highest BCUT2D eigenvalue weighted by atomic mass is 79.9. The fourth-order valence-electron chi connectivity index (χ4n) is 2.19. The fourth-order valence-corrected chi connectivity index (χ4v) is 2.94. The van der Waals surface area contributed by atoms with Crippen LogP contribution in [0.25, 0.3) is 0 Å². The number of carbonyl (C=O) groups excluding carboxylic acids is 1. The van der Waals surface area contributed by atoms with Gasteiger partial charge in [0.1, 0.15) is 12.2 Å². The van der Waals surface area contributed by atoms with Crippen LogP contribution < -0.4 is 10.1 Å². The molecule has 1 amide bonds.